The highest BCUT2D eigenvalue weighted by molar-refractivity contribution is 5.96. The maximum Gasteiger partial charge on any atom is 0.226 e. The molecule has 6 saturated carbocycles. The zero-order valence-electron chi connectivity index (χ0n) is 95.5. The predicted octanol–water partition coefficient (Wildman–Crippen LogP) is 19.1. The van der Waals surface area contributed by atoms with E-state index < -0.39 is 0 Å². The predicted molar refractivity (Wildman–Crippen MR) is 577 cm³/mol. The Balaban J connectivity index is 0.000000233. The Kier molecular flexibility index (Phi) is 50.8. The van der Waals surface area contributed by atoms with E-state index in [-0.39, 0.29) is 174 Å². The fraction of sp³-hybridized carbons (Fsp3) is 0.856. The van der Waals surface area contributed by atoms with Gasteiger partial charge >= 0.3 is 0 Å². The summed E-state index contributed by atoms with van der Waals surface area (Å²) < 4.78 is 5.36. The lowest BCUT2D eigenvalue weighted by molar-refractivity contribution is -0.145. The molecule has 6 amide bonds. The minimum atomic E-state index is -0.389. The largest absolute Gasteiger partial charge is 0.379 e. The van der Waals surface area contributed by atoms with E-state index in [1.807, 2.05) is 210 Å². The van der Waals surface area contributed by atoms with Crippen molar-refractivity contribution >= 4 is 70.1 Å². The number of pyridine rings is 1. The molecular weight excluding hydrogens is 1790 g/mol. The van der Waals surface area contributed by atoms with Gasteiger partial charge in [-0.05, 0) is 213 Å². The summed E-state index contributed by atoms with van der Waals surface area (Å²) >= 11 is 0. The third-order valence-corrected chi connectivity index (χ3v) is 33.1. The molecule has 0 bridgehead atoms. The summed E-state index contributed by atoms with van der Waals surface area (Å²) in [5.74, 6) is 1.28. The van der Waals surface area contributed by atoms with Crippen molar-refractivity contribution in [3.63, 3.8) is 0 Å². The van der Waals surface area contributed by atoms with Crippen LogP contribution in [-0.4, -0.2) is 314 Å². The van der Waals surface area contributed by atoms with Crippen LogP contribution in [0, 0.1) is 104 Å². The van der Waals surface area contributed by atoms with Crippen LogP contribution in [0.2, 0.25) is 0 Å². The van der Waals surface area contributed by atoms with E-state index in [9.17, 15) is 57.5 Å². The Morgan fingerprint density at radius 1 is 0.294 bits per heavy atom. The standard InChI is InChI=1S/2C21H38N2O2.C19H34N2O3.C19H28N2O2.2C19H34N2O2/c1-15(2)23-13-9-10-16(23)14-22(6)20(25)18-12-8-7-11-17(18)19(24)21(3,4)5;1-21(2,3)19(24)17-11-6-7-12-18(17)20(25)22(4)13-10-16-23-14-8-5-9-15-23;1-19(2,3)17(22)15-7-5-6-8-16(15)18(23)20(4)9-10-21-11-13-24-14-12-21;1-19(2,3)17(22)15-10-5-6-11-16(15)18(23)21(4)13-14-9-7-8-12-20-14;2*1-19(2,3)17(22)15-9-5-6-10-16(15)18(23)20(4)13-14-21-11-7-8-12-21/h15-18H,7-14H2,1-6H3;17-18H,5-16H2,1-4H3;15-16H,5-14H2,1-4H3;7-9,12,15-16H,5-6,10-11,13H2,1-4H3;2*15-16H,5-14H2,1-4H3/t16-,17+,18-;17-,18+;4*15-,16+/m001010/s1. The fourth-order valence-electron chi connectivity index (χ4n) is 24.3. The fourth-order valence-corrected chi connectivity index (χ4v) is 24.3. The highest BCUT2D eigenvalue weighted by Gasteiger charge is 2.49. The summed E-state index contributed by atoms with van der Waals surface area (Å²) in [6, 6.07) is 6.70. The Bertz CT molecular complexity index is 4010. The van der Waals surface area contributed by atoms with Gasteiger partial charge in [-0.1, -0.05) is 214 Å². The summed E-state index contributed by atoms with van der Waals surface area (Å²) in [6.07, 6.45) is 37.5. The van der Waals surface area contributed by atoms with E-state index in [4.69, 9.17) is 4.74 Å². The van der Waals surface area contributed by atoms with E-state index in [0.29, 0.717) is 18.6 Å². The van der Waals surface area contributed by atoms with Crippen LogP contribution < -0.4 is 0 Å². The number of nitrogens with zero attached hydrogens (tertiary/aromatic N) is 12. The van der Waals surface area contributed by atoms with Crippen LogP contribution >= 0.6 is 0 Å². The molecule has 0 aromatic carbocycles. The van der Waals surface area contributed by atoms with E-state index in [1.165, 1.54) is 70.9 Å². The number of carbonyl (C=O) groups is 12. The molecule has 25 nitrogen and oxygen atoms in total. The number of likely N-dealkylation sites (tertiary alicyclic amines) is 4. The summed E-state index contributed by atoms with van der Waals surface area (Å²) in [6.45, 7) is 59.9. The average molecular weight is 2000 g/mol. The van der Waals surface area contributed by atoms with Crippen LogP contribution in [0.25, 0.3) is 0 Å². The van der Waals surface area contributed by atoms with Crippen molar-refractivity contribution in [1.29, 1.82) is 0 Å². The number of rotatable bonds is 30. The van der Waals surface area contributed by atoms with Gasteiger partial charge in [0.2, 0.25) is 35.4 Å². The second kappa shape index (κ2) is 58.8. The van der Waals surface area contributed by atoms with Gasteiger partial charge in [-0.15, -0.1) is 0 Å². The first-order valence-electron chi connectivity index (χ1n) is 57.0. The quantitative estimate of drug-likeness (QED) is 0.0693. The van der Waals surface area contributed by atoms with E-state index in [2.05, 4.69) is 43.3 Å². The topological polar surface area (TPSA) is 263 Å². The molecule has 143 heavy (non-hydrogen) atoms. The number of aromatic nitrogens is 1. The molecule has 0 spiro atoms. The molecule has 5 saturated heterocycles. The Morgan fingerprint density at radius 2 is 0.545 bits per heavy atom. The second-order valence-electron chi connectivity index (χ2n) is 51.4. The zero-order valence-corrected chi connectivity index (χ0v) is 95.5. The normalized spacial score (nSPS) is 25.8. The molecule has 0 radical (unpaired) electrons. The Hall–Kier alpha value is -6.25. The van der Waals surface area contributed by atoms with Gasteiger partial charge in [0, 0.05) is 230 Å². The molecule has 5 aliphatic heterocycles. The molecular formula is C118H206N12O13. The van der Waals surface area contributed by atoms with Gasteiger partial charge in [-0.2, -0.15) is 0 Å². The molecule has 0 N–H and O–H groups in total. The minimum Gasteiger partial charge on any atom is -0.379 e. The smallest absolute Gasteiger partial charge is 0.226 e. The number of morpholine rings is 1. The monoisotopic (exact) mass is 2000 g/mol. The lowest BCUT2D eigenvalue weighted by Crippen LogP contribution is -2.48. The van der Waals surface area contributed by atoms with Crippen LogP contribution in [0.1, 0.15) is 362 Å². The molecule has 13 atom stereocenters. The van der Waals surface area contributed by atoms with Crippen molar-refractivity contribution in [2.75, 3.05) is 173 Å². The molecule has 0 unspecified atom stereocenters. The minimum absolute atomic E-state index is 0.0780. The lowest BCUT2D eigenvalue weighted by atomic mass is 9.70. The number of ketones is 6. The van der Waals surface area contributed by atoms with E-state index in [1.54, 1.807) is 11.1 Å². The zero-order chi connectivity index (χ0) is 106. The third kappa shape index (κ3) is 39.2. The number of hydrogen-bond acceptors (Lipinski definition) is 19. The first-order chi connectivity index (χ1) is 67.1. The third-order valence-electron chi connectivity index (χ3n) is 33.1. The maximum absolute atomic E-state index is 13.2. The van der Waals surface area contributed by atoms with Gasteiger partial charge in [0.15, 0.2) is 0 Å². The van der Waals surface area contributed by atoms with Crippen molar-refractivity contribution in [1.82, 2.24) is 58.9 Å². The Labute approximate surface area is 868 Å². The number of ether oxygens (including phenoxy) is 1. The highest BCUT2D eigenvalue weighted by atomic mass is 16.5. The number of likely N-dealkylation sites (N-methyl/N-ethyl adjacent to an activating group) is 4. The second-order valence-corrected chi connectivity index (χ2v) is 51.4. The Morgan fingerprint density at radius 3 is 0.818 bits per heavy atom. The molecule has 11 fully saturated rings. The van der Waals surface area contributed by atoms with Crippen molar-refractivity contribution in [2.24, 2.45) is 104 Å². The number of carbonyl (C=O) groups excluding carboxylic acids is 12. The van der Waals surface area contributed by atoms with Crippen LogP contribution in [-0.2, 0) is 68.8 Å². The van der Waals surface area contributed by atoms with Gasteiger partial charge < -0.3 is 48.8 Å². The molecule has 816 valence electrons. The first kappa shape index (κ1) is 124. The molecule has 1 aromatic rings. The van der Waals surface area contributed by atoms with Gasteiger partial charge in [-0.3, -0.25) is 72.3 Å². The van der Waals surface area contributed by atoms with Crippen molar-refractivity contribution < 1.29 is 62.3 Å². The molecule has 1 aromatic heterocycles. The molecule has 6 heterocycles. The number of Topliss-reactive ketones (excluding diaryl/α,β-unsaturated/α-hetero) is 6. The van der Waals surface area contributed by atoms with Crippen molar-refractivity contribution in [3.8, 4) is 0 Å². The van der Waals surface area contributed by atoms with Crippen LogP contribution in [0.15, 0.2) is 24.4 Å². The SMILES string of the molecule is CC(C)N1CCC[C@H]1CN(C)C(=O)[C@H]1CCCC[C@H]1C(=O)C(C)(C)C.CN(CCCN1CCCCC1)C(=O)[C@@H]1CCCC[C@@H]1C(=O)C(C)(C)C.CN(CCN1CCCC1)C(=O)[C@@H]1CCCC[C@@H]1C(=O)C(C)(C)C.CN(CCN1CCCC1)C(=O)[C@H]1CCCC[C@H]1C(=O)C(C)(C)C.CN(CCN1CCOCC1)C(=O)[C@H]1CCCC[C@H]1C(=O)C(C)(C)C.CN(Cc1ccccn1)C(=O)[C@@H]1CCCC[C@@H]1C(=O)C(C)(C)C. The molecule has 12 rings (SSSR count). The van der Waals surface area contributed by atoms with Gasteiger partial charge in [0.1, 0.15) is 34.7 Å². The molecule has 6 aliphatic carbocycles. The average Bonchev–Trinajstić information content (AvgIpc) is 1.80. The lowest BCUT2D eigenvalue weighted by Gasteiger charge is -2.37. The summed E-state index contributed by atoms with van der Waals surface area (Å²) in [5, 5.41) is 0. The van der Waals surface area contributed by atoms with Crippen LogP contribution in [0.3, 0.4) is 0 Å². The number of hydrogen-bond donors (Lipinski definition) is 0. The van der Waals surface area contributed by atoms with Crippen molar-refractivity contribution in [2.45, 2.75) is 375 Å². The van der Waals surface area contributed by atoms with E-state index in [0.717, 1.165) is 284 Å². The van der Waals surface area contributed by atoms with Gasteiger partial charge in [0.25, 0.3) is 0 Å². The highest BCUT2D eigenvalue weighted by Crippen LogP contribution is 2.44. The molecule has 25 heteroatoms. The van der Waals surface area contributed by atoms with Gasteiger partial charge in [-0.25, -0.2) is 0 Å². The van der Waals surface area contributed by atoms with E-state index >= 15 is 0 Å². The molecule has 11 aliphatic rings. The summed E-state index contributed by atoms with van der Waals surface area (Å²) in [7, 11) is 11.4. The maximum atomic E-state index is 13.2. The number of piperidine rings is 1. The summed E-state index contributed by atoms with van der Waals surface area (Å²) in [4.78, 5) is 182. The number of amides is 6. The van der Waals surface area contributed by atoms with Gasteiger partial charge in [0.05, 0.1) is 25.5 Å². The summed E-state index contributed by atoms with van der Waals surface area (Å²) in [5.41, 5.74) is -1.30. The van der Waals surface area contributed by atoms with Crippen LogP contribution in [0.4, 0.5) is 0 Å². The first-order valence-corrected chi connectivity index (χ1v) is 57.0. The van der Waals surface area contributed by atoms with Crippen LogP contribution in [0.5, 0.6) is 0 Å². The van der Waals surface area contributed by atoms with Crippen molar-refractivity contribution in [3.05, 3.63) is 30.1 Å².